The van der Waals surface area contributed by atoms with Crippen LogP contribution in [0, 0.1) is 5.82 Å². The highest BCUT2D eigenvalue weighted by atomic mass is 35.5. The highest BCUT2D eigenvalue weighted by molar-refractivity contribution is 6.47. The number of nitrogens with zero attached hydrogens (tertiary/aromatic N) is 1. The molecule has 3 aromatic rings. The largest absolute Gasteiger partial charge is 0.507 e. The van der Waals surface area contributed by atoms with E-state index in [1.54, 1.807) is 48.5 Å². The van der Waals surface area contributed by atoms with E-state index in [1.165, 1.54) is 37.3 Å². The second-order valence-corrected chi connectivity index (χ2v) is 8.72. The molecule has 1 amide bonds. The molecule has 9 heteroatoms. The molecule has 37 heavy (non-hydrogen) atoms. The molecule has 1 fully saturated rings. The lowest BCUT2D eigenvalue weighted by Crippen LogP contribution is -2.32. The Kier molecular flexibility index (Phi) is 8.11. The summed E-state index contributed by atoms with van der Waals surface area (Å²) in [5.41, 5.74) is 1.48. The number of halogens is 2. The molecule has 7 nitrogen and oxygen atoms in total. The van der Waals surface area contributed by atoms with Crippen molar-refractivity contribution < 1.29 is 33.3 Å². The first-order chi connectivity index (χ1) is 17.8. The number of aliphatic hydroxyl groups excluding tert-OH is 1. The minimum absolute atomic E-state index is 0.0868. The van der Waals surface area contributed by atoms with E-state index < -0.39 is 23.5 Å². The highest BCUT2D eigenvalue weighted by Crippen LogP contribution is 2.41. The van der Waals surface area contributed by atoms with Gasteiger partial charge in [-0.3, -0.25) is 9.59 Å². The van der Waals surface area contributed by atoms with Crippen LogP contribution < -0.4 is 9.47 Å². The fourth-order valence-electron chi connectivity index (χ4n) is 4.10. The van der Waals surface area contributed by atoms with Gasteiger partial charge in [0.05, 0.1) is 30.4 Å². The number of likely N-dealkylation sites (tertiary alicyclic amines) is 1. The second kappa shape index (κ2) is 11.5. The third-order valence-electron chi connectivity index (χ3n) is 6.02. The summed E-state index contributed by atoms with van der Waals surface area (Å²) in [5, 5.41) is 11.4. The first kappa shape index (κ1) is 26.2. The van der Waals surface area contributed by atoms with Crippen molar-refractivity contribution in [3.05, 3.63) is 99.8 Å². The summed E-state index contributed by atoms with van der Waals surface area (Å²) in [6.45, 7) is 0.569. The van der Waals surface area contributed by atoms with Crippen molar-refractivity contribution in [3.8, 4) is 11.5 Å². The van der Waals surface area contributed by atoms with Crippen LogP contribution in [-0.2, 0) is 20.9 Å². The Labute approximate surface area is 218 Å². The van der Waals surface area contributed by atoms with Crippen LogP contribution >= 0.6 is 11.6 Å². The van der Waals surface area contributed by atoms with E-state index in [2.05, 4.69) is 0 Å². The Bertz CT molecular complexity index is 1320. The molecule has 0 radical (unpaired) electrons. The minimum Gasteiger partial charge on any atom is -0.507 e. The van der Waals surface area contributed by atoms with Gasteiger partial charge >= 0.3 is 0 Å². The predicted octanol–water partition coefficient (Wildman–Crippen LogP) is 5.13. The number of amides is 1. The van der Waals surface area contributed by atoms with Gasteiger partial charge in [-0.05, 0) is 53.6 Å². The van der Waals surface area contributed by atoms with Crippen LogP contribution in [0.4, 0.5) is 4.39 Å². The van der Waals surface area contributed by atoms with Crippen LogP contribution in [0.1, 0.15) is 22.7 Å². The number of Topliss-reactive ketones (excluding diaryl/α,β-unsaturated/α-hetero) is 1. The number of benzene rings is 3. The van der Waals surface area contributed by atoms with Gasteiger partial charge in [-0.25, -0.2) is 4.39 Å². The van der Waals surface area contributed by atoms with Crippen molar-refractivity contribution in [3.63, 3.8) is 0 Å². The van der Waals surface area contributed by atoms with Crippen LogP contribution in [0.5, 0.6) is 11.5 Å². The Morgan fingerprint density at radius 3 is 2.32 bits per heavy atom. The van der Waals surface area contributed by atoms with Crippen molar-refractivity contribution in [2.45, 2.75) is 12.6 Å². The summed E-state index contributed by atoms with van der Waals surface area (Å²) in [5.74, 6) is -1.33. The average molecular weight is 526 g/mol. The fraction of sp³-hybridized carbons (Fsp3) is 0.214. The second-order valence-electron chi connectivity index (χ2n) is 8.32. The van der Waals surface area contributed by atoms with Crippen LogP contribution in [0.3, 0.4) is 0 Å². The van der Waals surface area contributed by atoms with Crippen LogP contribution in [-0.4, -0.2) is 49.1 Å². The summed E-state index contributed by atoms with van der Waals surface area (Å²) in [7, 11) is 2.96. The molecular formula is C28H25ClFNO6. The van der Waals surface area contributed by atoms with Crippen LogP contribution in [0.25, 0.3) is 5.76 Å². The maximum Gasteiger partial charge on any atom is 0.295 e. The lowest BCUT2D eigenvalue weighted by molar-refractivity contribution is -0.140. The van der Waals surface area contributed by atoms with Gasteiger partial charge in [0, 0.05) is 19.2 Å². The first-order valence-corrected chi connectivity index (χ1v) is 11.8. The first-order valence-electron chi connectivity index (χ1n) is 11.4. The molecule has 4 rings (SSSR count). The smallest absolute Gasteiger partial charge is 0.295 e. The van der Waals surface area contributed by atoms with E-state index in [9.17, 15) is 19.1 Å². The van der Waals surface area contributed by atoms with E-state index >= 15 is 0 Å². The molecule has 1 aliphatic rings. The summed E-state index contributed by atoms with van der Waals surface area (Å²) < 4.78 is 29.3. The van der Waals surface area contributed by atoms with Gasteiger partial charge in [0.15, 0.2) is 0 Å². The lowest BCUT2D eigenvalue weighted by atomic mass is 9.95. The van der Waals surface area contributed by atoms with E-state index in [0.29, 0.717) is 17.1 Å². The summed E-state index contributed by atoms with van der Waals surface area (Å²) in [6.07, 6.45) is 0. The van der Waals surface area contributed by atoms with E-state index in [1.807, 2.05) is 0 Å². The quantitative estimate of drug-likeness (QED) is 0.237. The van der Waals surface area contributed by atoms with E-state index in [-0.39, 0.29) is 41.7 Å². The number of aliphatic hydroxyl groups is 1. The molecule has 0 saturated carbocycles. The number of ketones is 1. The molecule has 1 saturated heterocycles. The number of carbonyl (C=O) groups is 2. The van der Waals surface area contributed by atoms with Gasteiger partial charge in [-0.1, -0.05) is 35.9 Å². The third-order valence-corrected chi connectivity index (χ3v) is 6.35. The molecule has 1 N–H and O–H groups in total. The number of hydrogen-bond donors (Lipinski definition) is 1. The molecule has 0 spiro atoms. The van der Waals surface area contributed by atoms with Crippen molar-refractivity contribution in [1.29, 1.82) is 0 Å². The van der Waals surface area contributed by atoms with Gasteiger partial charge < -0.3 is 24.2 Å². The number of carbonyl (C=O) groups excluding carboxylic acids is 2. The molecule has 3 aromatic carbocycles. The Morgan fingerprint density at radius 1 is 1.00 bits per heavy atom. The number of methoxy groups -OCH3 is 2. The minimum atomic E-state index is -0.872. The Hall–Kier alpha value is -3.88. The summed E-state index contributed by atoms with van der Waals surface area (Å²) in [4.78, 5) is 27.4. The highest BCUT2D eigenvalue weighted by Gasteiger charge is 2.46. The van der Waals surface area contributed by atoms with Crippen molar-refractivity contribution in [2.75, 3.05) is 27.4 Å². The molecule has 0 aromatic heterocycles. The monoisotopic (exact) mass is 525 g/mol. The maximum absolute atomic E-state index is 13.1. The molecule has 0 aliphatic carbocycles. The molecule has 192 valence electrons. The van der Waals surface area contributed by atoms with Gasteiger partial charge in [-0.2, -0.15) is 0 Å². The fourth-order valence-corrected chi connectivity index (χ4v) is 4.31. The van der Waals surface area contributed by atoms with Crippen LogP contribution in [0.2, 0.25) is 5.02 Å². The van der Waals surface area contributed by atoms with Gasteiger partial charge in [-0.15, -0.1) is 0 Å². The zero-order valence-electron chi connectivity index (χ0n) is 20.2. The standard InChI is InChI=1S/C28H25ClFNO6/c1-35-14-13-31-25(18-5-9-20(10-6-18)37-16-17-3-7-19(30)8-4-17)24(27(33)28(31)34)26(32)22-15-21(36-2)11-12-23(22)29/h3-12,15,25,32H,13-14,16H2,1-2H3/b26-24+. The summed E-state index contributed by atoms with van der Waals surface area (Å²) in [6, 6.07) is 16.6. The molecule has 1 heterocycles. The van der Waals surface area contributed by atoms with Gasteiger partial charge in [0.1, 0.15) is 29.7 Å². The lowest BCUT2D eigenvalue weighted by Gasteiger charge is -2.25. The Morgan fingerprint density at radius 2 is 1.68 bits per heavy atom. The van der Waals surface area contributed by atoms with Crippen LogP contribution in [0.15, 0.2) is 72.3 Å². The molecule has 1 atom stereocenters. The zero-order valence-corrected chi connectivity index (χ0v) is 21.0. The average Bonchev–Trinajstić information content (AvgIpc) is 3.16. The number of hydrogen-bond acceptors (Lipinski definition) is 6. The zero-order chi connectivity index (χ0) is 26.5. The van der Waals surface area contributed by atoms with E-state index in [4.69, 9.17) is 25.8 Å². The normalized spacial score (nSPS) is 16.8. The molecule has 1 aliphatic heterocycles. The summed E-state index contributed by atoms with van der Waals surface area (Å²) >= 11 is 6.32. The maximum atomic E-state index is 13.1. The third kappa shape index (κ3) is 5.60. The van der Waals surface area contributed by atoms with E-state index in [0.717, 1.165) is 5.56 Å². The molecule has 0 bridgehead atoms. The van der Waals surface area contributed by atoms with Crippen molar-refractivity contribution in [1.82, 2.24) is 4.90 Å². The van der Waals surface area contributed by atoms with Crippen molar-refractivity contribution >= 4 is 29.1 Å². The number of ether oxygens (including phenoxy) is 3. The predicted molar refractivity (Wildman–Crippen MR) is 136 cm³/mol. The van der Waals surface area contributed by atoms with Crippen molar-refractivity contribution in [2.24, 2.45) is 0 Å². The molecular weight excluding hydrogens is 501 g/mol. The number of rotatable bonds is 9. The molecule has 1 unspecified atom stereocenters. The topological polar surface area (TPSA) is 85.3 Å². The van der Waals surface area contributed by atoms with Gasteiger partial charge in [0.25, 0.3) is 11.7 Å². The Balaban J connectivity index is 1.69. The SMILES string of the molecule is COCCN1C(=O)C(=O)/C(=C(/O)c2cc(OC)ccc2Cl)C1c1ccc(OCc2ccc(F)cc2)cc1. The van der Waals surface area contributed by atoms with Gasteiger partial charge in [0.2, 0.25) is 0 Å².